The highest BCUT2D eigenvalue weighted by Gasteiger charge is 2.20. The monoisotopic (exact) mass is 291 g/mol. The molecule has 20 heavy (non-hydrogen) atoms. The van der Waals surface area contributed by atoms with Gasteiger partial charge in [-0.1, -0.05) is 6.07 Å². The van der Waals surface area contributed by atoms with Crippen LogP contribution in [-0.2, 0) is 0 Å². The van der Waals surface area contributed by atoms with Crippen LogP contribution in [0.4, 0.5) is 5.69 Å². The molecule has 2 N–H and O–H groups in total. The summed E-state index contributed by atoms with van der Waals surface area (Å²) >= 11 is 1.59. The first-order valence-corrected chi connectivity index (χ1v) is 8.19. The molecular formula is C15H21N3OS. The van der Waals surface area contributed by atoms with Gasteiger partial charge in [-0.25, -0.2) is 0 Å². The summed E-state index contributed by atoms with van der Waals surface area (Å²) in [6.07, 6.45) is 4.34. The Morgan fingerprint density at radius 1 is 1.55 bits per heavy atom. The quantitative estimate of drug-likeness (QED) is 0.783. The van der Waals surface area contributed by atoms with Crippen LogP contribution >= 0.6 is 11.8 Å². The number of hydrogen-bond acceptors (Lipinski definition) is 5. The second kappa shape index (κ2) is 7.53. The first-order chi connectivity index (χ1) is 9.80. The normalized spacial score (nSPS) is 17.9. The van der Waals surface area contributed by atoms with Crippen molar-refractivity contribution in [2.45, 2.75) is 23.8 Å². The molecule has 4 nitrogen and oxygen atoms in total. The molecular weight excluding hydrogens is 270 g/mol. The largest absolute Gasteiger partial charge is 0.395 e. The average molecular weight is 291 g/mol. The van der Waals surface area contributed by atoms with Gasteiger partial charge in [-0.3, -0.25) is 0 Å². The van der Waals surface area contributed by atoms with Gasteiger partial charge in [-0.15, -0.1) is 11.8 Å². The van der Waals surface area contributed by atoms with Crippen LogP contribution in [0.25, 0.3) is 0 Å². The molecule has 0 spiro atoms. The summed E-state index contributed by atoms with van der Waals surface area (Å²) in [6, 6.07) is 8.69. The Labute approximate surface area is 124 Å². The predicted octanol–water partition coefficient (Wildman–Crippen LogP) is 1.83. The van der Waals surface area contributed by atoms with E-state index in [1.165, 1.54) is 6.42 Å². The molecule has 2 rings (SSSR count). The predicted molar refractivity (Wildman–Crippen MR) is 83.3 cm³/mol. The van der Waals surface area contributed by atoms with Gasteiger partial charge in [0, 0.05) is 24.0 Å². The minimum absolute atomic E-state index is 0.0983. The molecule has 5 heteroatoms. The third-order valence-corrected chi connectivity index (χ3v) is 4.43. The fraction of sp³-hybridized carbons (Fsp3) is 0.533. The first-order valence-electron chi connectivity index (χ1n) is 6.96. The van der Waals surface area contributed by atoms with Crippen molar-refractivity contribution in [2.24, 2.45) is 0 Å². The highest BCUT2D eigenvalue weighted by atomic mass is 32.2. The summed E-state index contributed by atoms with van der Waals surface area (Å²) in [5.74, 6) is 0. The van der Waals surface area contributed by atoms with Crippen LogP contribution in [0.15, 0.2) is 23.1 Å². The van der Waals surface area contributed by atoms with Gasteiger partial charge in [0.2, 0.25) is 0 Å². The van der Waals surface area contributed by atoms with Crippen molar-refractivity contribution >= 4 is 17.4 Å². The van der Waals surface area contributed by atoms with Crippen molar-refractivity contribution in [3.63, 3.8) is 0 Å². The summed E-state index contributed by atoms with van der Waals surface area (Å²) in [6.45, 7) is 2.56. The van der Waals surface area contributed by atoms with Crippen LogP contribution < -0.4 is 10.2 Å². The van der Waals surface area contributed by atoms with Crippen LogP contribution in [0.1, 0.15) is 18.4 Å². The molecule has 0 aliphatic carbocycles. The van der Waals surface area contributed by atoms with E-state index in [4.69, 9.17) is 0 Å². The van der Waals surface area contributed by atoms with Crippen LogP contribution in [0, 0.1) is 11.3 Å². The maximum atomic E-state index is 9.44. The van der Waals surface area contributed by atoms with Gasteiger partial charge in [0.15, 0.2) is 0 Å². The van der Waals surface area contributed by atoms with Crippen molar-refractivity contribution < 1.29 is 5.11 Å². The molecule has 108 valence electrons. The van der Waals surface area contributed by atoms with Gasteiger partial charge in [-0.05, 0) is 37.8 Å². The number of rotatable bonds is 6. The summed E-state index contributed by atoms with van der Waals surface area (Å²) in [4.78, 5) is 3.12. The number of benzene rings is 1. The lowest BCUT2D eigenvalue weighted by atomic mass is 10.1. The molecule has 0 amide bonds. The Morgan fingerprint density at radius 2 is 2.40 bits per heavy atom. The second-order valence-corrected chi connectivity index (χ2v) is 5.78. The lowest BCUT2D eigenvalue weighted by Crippen LogP contribution is -2.39. The van der Waals surface area contributed by atoms with Crippen LogP contribution in [0.3, 0.4) is 0 Å². The smallest absolute Gasteiger partial charge is 0.103 e. The second-order valence-electron chi connectivity index (χ2n) is 4.93. The van der Waals surface area contributed by atoms with Gasteiger partial charge in [0.25, 0.3) is 0 Å². The van der Waals surface area contributed by atoms with E-state index in [9.17, 15) is 10.4 Å². The molecule has 1 fully saturated rings. The number of nitrogens with zero attached hydrogens (tertiary/aromatic N) is 2. The van der Waals surface area contributed by atoms with E-state index in [0.717, 1.165) is 30.1 Å². The van der Waals surface area contributed by atoms with Crippen molar-refractivity contribution in [3.05, 3.63) is 23.8 Å². The Morgan fingerprint density at radius 3 is 3.00 bits per heavy atom. The van der Waals surface area contributed by atoms with E-state index in [-0.39, 0.29) is 6.61 Å². The highest BCUT2D eigenvalue weighted by Crippen LogP contribution is 2.29. The topological polar surface area (TPSA) is 59.3 Å². The van der Waals surface area contributed by atoms with Crippen molar-refractivity contribution in [1.82, 2.24) is 5.32 Å². The number of hydrogen-bond donors (Lipinski definition) is 2. The third kappa shape index (κ3) is 3.45. The Kier molecular flexibility index (Phi) is 5.72. The summed E-state index contributed by atoms with van der Waals surface area (Å²) in [7, 11) is 0. The van der Waals surface area contributed by atoms with Gasteiger partial charge < -0.3 is 15.3 Å². The van der Waals surface area contributed by atoms with E-state index in [2.05, 4.69) is 16.3 Å². The van der Waals surface area contributed by atoms with E-state index in [1.807, 2.05) is 24.5 Å². The Hall–Kier alpha value is -1.22. The third-order valence-electron chi connectivity index (χ3n) is 3.65. The van der Waals surface area contributed by atoms with Gasteiger partial charge in [-0.2, -0.15) is 5.26 Å². The van der Waals surface area contributed by atoms with Crippen LogP contribution in [0.2, 0.25) is 0 Å². The molecule has 1 aromatic carbocycles. The van der Waals surface area contributed by atoms with Crippen molar-refractivity contribution in [2.75, 3.05) is 37.4 Å². The van der Waals surface area contributed by atoms with Crippen LogP contribution in [-0.4, -0.2) is 43.6 Å². The van der Waals surface area contributed by atoms with E-state index in [1.54, 1.807) is 11.8 Å². The number of nitrogens with one attached hydrogen (secondary N) is 1. The van der Waals surface area contributed by atoms with E-state index < -0.39 is 0 Å². The summed E-state index contributed by atoms with van der Waals surface area (Å²) in [5, 5.41) is 22.2. The summed E-state index contributed by atoms with van der Waals surface area (Å²) in [5.41, 5.74) is 1.65. The van der Waals surface area contributed by atoms with Gasteiger partial charge in [0.05, 0.1) is 17.9 Å². The zero-order valence-electron chi connectivity index (χ0n) is 11.8. The molecule has 0 bridgehead atoms. The SMILES string of the molecule is CSc1cccc(N(CCO)CC2CCCN2)c1C#N. The number of aliphatic hydroxyl groups is 1. The average Bonchev–Trinajstić information content (AvgIpc) is 2.98. The number of anilines is 1. The number of aliphatic hydroxyl groups excluding tert-OH is 1. The molecule has 0 aromatic heterocycles. The number of thioether (sulfide) groups is 1. The molecule has 1 unspecified atom stereocenters. The zero-order chi connectivity index (χ0) is 14.4. The number of nitriles is 1. The van der Waals surface area contributed by atoms with E-state index >= 15 is 0 Å². The molecule has 1 aliphatic rings. The fourth-order valence-corrected chi connectivity index (χ4v) is 3.24. The highest BCUT2D eigenvalue weighted by molar-refractivity contribution is 7.98. The lowest BCUT2D eigenvalue weighted by Gasteiger charge is -2.28. The van der Waals surface area contributed by atoms with Crippen molar-refractivity contribution in [1.29, 1.82) is 5.26 Å². The van der Waals surface area contributed by atoms with Crippen LogP contribution in [0.5, 0.6) is 0 Å². The molecule has 0 radical (unpaired) electrons. The molecule has 1 atom stereocenters. The Bertz CT molecular complexity index is 480. The van der Waals surface area contributed by atoms with Crippen molar-refractivity contribution in [3.8, 4) is 6.07 Å². The lowest BCUT2D eigenvalue weighted by molar-refractivity contribution is 0.300. The molecule has 1 heterocycles. The molecule has 0 saturated carbocycles. The Balaban J connectivity index is 2.26. The standard InChI is InChI=1S/C15H21N3OS/c1-20-15-6-2-5-14(13(15)10-16)18(8-9-19)11-12-4-3-7-17-12/h2,5-6,12,17,19H,3-4,7-9,11H2,1H3. The van der Waals surface area contributed by atoms with Gasteiger partial charge in [0.1, 0.15) is 6.07 Å². The maximum absolute atomic E-state index is 9.44. The van der Waals surface area contributed by atoms with Gasteiger partial charge >= 0.3 is 0 Å². The fourth-order valence-electron chi connectivity index (χ4n) is 2.67. The molecule has 1 saturated heterocycles. The first kappa shape index (κ1) is 15.2. The minimum atomic E-state index is 0.0983. The molecule has 1 aliphatic heterocycles. The zero-order valence-corrected chi connectivity index (χ0v) is 12.6. The molecule has 1 aromatic rings. The summed E-state index contributed by atoms with van der Waals surface area (Å²) < 4.78 is 0. The maximum Gasteiger partial charge on any atom is 0.103 e. The van der Waals surface area contributed by atoms with E-state index in [0.29, 0.717) is 18.2 Å². The minimum Gasteiger partial charge on any atom is -0.395 e.